The number of aliphatic hydroxyl groups excluding tert-OH is 3. The van der Waals surface area contributed by atoms with Crippen molar-refractivity contribution >= 4 is 124 Å². The summed E-state index contributed by atoms with van der Waals surface area (Å²) in [5.41, 5.74) is 0. The smallest absolute Gasteiger partial charge is 0.306 e. The molecule has 10 atom stereocenters. The predicted molar refractivity (Wildman–Crippen MR) is 152 cm³/mol. The molecular formula is C21H38Na3O19P3-3. The minimum Gasteiger partial charge on any atom is -0.756 e. The monoisotopic (exact) mass is 756 g/mol. The van der Waals surface area contributed by atoms with E-state index >= 15 is 0 Å². The number of hydrogen-bond acceptors (Lipinski definition) is 17. The van der Waals surface area contributed by atoms with Gasteiger partial charge in [-0.05, 0) is 12.8 Å². The first kappa shape index (κ1) is 52.5. The maximum atomic E-state index is 12.6. The zero-order valence-corrected chi connectivity index (χ0v) is 35.1. The first-order valence-electron chi connectivity index (χ1n) is 13.3. The van der Waals surface area contributed by atoms with Gasteiger partial charge in [-0.15, -0.1) is 0 Å². The van der Waals surface area contributed by atoms with E-state index in [0.29, 0.717) is 19.3 Å². The van der Waals surface area contributed by atoms with Crippen molar-refractivity contribution in [1.29, 1.82) is 0 Å². The van der Waals surface area contributed by atoms with Crippen LogP contribution in [0.3, 0.4) is 0 Å². The number of unbranched alkanes of at least 4 members (excludes halogenated alkanes) is 4. The average Bonchev–Trinajstić information content (AvgIpc) is 2.88. The van der Waals surface area contributed by atoms with Gasteiger partial charge in [0.05, 0.1) is 6.61 Å². The van der Waals surface area contributed by atoms with Crippen molar-refractivity contribution in [3.63, 3.8) is 0 Å². The molecule has 0 aliphatic heterocycles. The number of esters is 2. The first-order chi connectivity index (χ1) is 19.8. The van der Waals surface area contributed by atoms with Gasteiger partial charge >= 0.3 is 11.9 Å². The van der Waals surface area contributed by atoms with Crippen LogP contribution < -0.4 is 14.7 Å². The molecule has 1 aliphatic carbocycles. The molecule has 1 fully saturated rings. The van der Waals surface area contributed by atoms with Gasteiger partial charge in [0, 0.05) is 102 Å². The van der Waals surface area contributed by atoms with Gasteiger partial charge in [0.1, 0.15) is 43.2 Å². The Kier molecular flexibility index (Phi) is 28.7. The van der Waals surface area contributed by atoms with Gasteiger partial charge in [-0.1, -0.05) is 39.5 Å². The third-order valence-corrected chi connectivity index (χ3v) is 7.88. The zero-order chi connectivity index (χ0) is 33.0. The molecule has 0 amide bonds. The van der Waals surface area contributed by atoms with Gasteiger partial charge in [0.15, 0.2) is 6.10 Å². The Labute approximate surface area is 332 Å². The molecule has 1 aliphatic rings. The summed E-state index contributed by atoms with van der Waals surface area (Å²) in [5, 5.41) is 31.0. The second-order valence-corrected chi connectivity index (χ2v) is 13.2. The molecule has 0 spiro atoms. The van der Waals surface area contributed by atoms with Crippen molar-refractivity contribution in [2.45, 2.75) is 108 Å². The number of phosphoric acid groups is 3. The minimum atomic E-state index is -5.85. The molecule has 3 radical (unpaired) electrons. The molecule has 0 aromatic heterocycles. The molecule has 1 rings (SSSR count). The summed E-state index contributed by atoms with van der Waals surface area (Å²) >= 11 is 0. The Balaban J connectivity index is -0.00000616. The van der Waals surface area contributed by atoms with E-state index in [9.17, 15) is 53.3 Å². The van der Waals surface area contributed by atoms with Crippen LogP contribution in [0.2, 0.25) is 0 Å². The van der Waals surface area contributed by atoms with E-state index in [-0.39, 0.29) is 102 Å². The fraction of sp³-hybridized carbons (Fsp3) is 0.905. The summed E-state index contributed by atoms with van der Waals surface area (Å²) in [6, 6.07) is 0. The molecule has 1 saturated carbocycles. The molecule has 0 bridgehead atoms. The zero-order valence-electron chi connectivity index (χ0n) is 26.4. The maximum absolute atomic E-state index is 12.6. The van der Waals surface area contributed by atoms with Gasteiger partial charge in [-0.2, -0.15) is 0 Å². The predicted octanol–water partition coefficient (Wildman–Crippen LogP) is -2.88. The van der Waals surface area contributed by atoms with Crippen molar-refractivity contribution in [2.75, 3.05) is 13.2 Å². The number of hydrogen-bond donors (Lipinski definition) is 5. The number of ether oxygens (including phenoxy) is 2. The molecule has 19 nitrogen and oxygen atoms in total. The van der Waals surface area contributed by atoms with Crippen molar-refractivity contribution in [2.24, 2.45) is 0 Å². The quantitative estimate of drug-likeness (QED) is 0.0360. The number of carbonyl (C=O) groups is 2. The maximum Gasteiger partial charge on any atom is 0.306 e. The van der Waals surface area contributed by atoms with Crippen LogP contribution in [-0.2, 0) is 50.9 Å². The van der Waals surface area contributed by atoms with Gasteiger partial charge in [0.2, 0.25) is 0 Å². The van der Waals surface area contributed by atoms with E-state index in [4.69, 9.17) is 19.3 Å². The van der Waals surface area contributed by atoms with E-state index in [0.717, 1.165) is 19.3 Å². The largest absolute Gasteiger partial charge is 0.756 e. The second-order valence-electron chi connectivity index (χ2n) is 9.57. The Bertz CT molecular complexity index is 1030. The SMILES string of the molecule is CCCCCC(=O)OCC(COP(=O)([O-])O[C@H]1[C@H](O)[C@@H](O)[C@H](OP(=O)([O-])O)[C@@H](OP(=O)([O-])O)[C@H]1O)OC(=O)CCCCC.[Na].[Na].[Na]. The summed E-state index contributed by atoms with van der Waals surface area (Å²) in [7, 11) is -17.3. The fourth-order valence-corrected chi connectivity index (χ4v) is 5.92. The molecule has 0 aromatic rings. The molecular weight excluding hydrogens is 718 g/mol. The van der Waals surface area contributed by atoms with E-state index in [1.807, 2.05) is 13.8 Å². The van der Waals surface area contributed by atoms with Crippen LogP contribution in [0.15, 0.2) is 0 Å². The third kappa shape index (κ3) is 21.5. The van der Waals surface area contributed by atoms with Gasteiger partial charge in [-0.3, -0.25) is 23.3 Å². The average molecular weight is 756 g/mol. The van der Waals surface area contributed by atoms with E-state index in [1.54, 1.807) is 0 Å². The molecule has 46 heavy (non-hydrogen) atoms. The molecule has 4 unspecified atom stereocenters. The molecule has 257 valence electrons. The van der Waals surface area contributed by atoms with Gasteiger partial charge < -0.3 is 67.4 Å². The summed E-state index contributed by atoms with van der Waals surface area (Å²) in [6.45, 7) is 2.20. The number of rotatable bonds is 20. The topological polar surface area (TPSA) is 311 Å². The summed E-state index contributed by atoms with van der Waals surface area (Å²) < 4.78 is 62.5. The third-order valence-electron chi connectivity index (χ3n) is 5.90. The summed E-state index contributed by atoms with van der Waals surface area (Å²) in [6.07, 6.45) is -13.0. The number of phosphoric ester groups is 3. The van der Waals surface area contributed by atoms with Crippen LogP contribution in [0.1, 0.15) is 65.2 Å². The van der Waals surface area contributed by atoms with Crippen molar-refractivity contribution in [3.8, 4) is 0 Å². The van der Waals surface area contributed by atoms with Crippen LogP contribution in [-0.4, -0.2) is 182 Å². The van der Waals surface area contributed by atoms with Crippen LogP contribution >= 0.6 is 23.5 Å². The molecule has 0 heterocycles. The van der Waals surface area contributed by atoms with Gasteiger partial charge in [-0.25, -0.2) is 0 Å². The van der Waals surface area contributed by atoms with E-state index in [2.05, 4.69) is 18.1 Å². The Morgan fingerprint density at radius 2 is 1.11 bits per heavy atom. The standard InChI is InChI=1S/C21H41O19P3.3Na/c1-3-5-7-9-14(22)35-11-13(37-15(23)10-8-6-4-2)12-36-43(33,34)40-19-16(24)17(25)20(38-41(27,28)29)21(18(19)26)39-42(30,31)32;;;/h13,16-21,24-26H,3-12H2,1-2H3,(H,33,34)(H2,27,28,29)(H2,30,31,32);;;/p-3/t13?,16-,17-,18+,19+,20+,21+;;;/m1.../s1. The summed E-state index contributed by atoms with van der Waals surface area (Å²) in [5.74, 6) is -1.42. The molecule has 25 heteroatoms. The van der Waals surface area contributed by atoms with Gasteiger partial charge in [0.25, 0.3) is 23.5 Å². The van der Waals surface area contributed by atoms with Crippen LogP contribution in [0.25, 0.3) is 0 Å². The number of carbonyl (C=O) groups excluding carboxylic acids is 2. The van der Waals surface area contributed by atoms with E-state index < -0.39 is 91.3 Å². The van der Waals surface area contributed by atoms with Crippen molar-refractivity contribution in [1.82, 2.24) is 0 Å². The Morgan fingerprint density at radius 3 is 1.57 bits per heavy atom. The summed E-state index contributed by atoms with van der Waals surface area (Å²) in [4.78, 5) is 77.1. The molecule has 5 N–H and O–H groups in total. The normalized spacial score (nSPS) is 27.2. The minimum absolute atomic E-state index is 0. The van der Waals surface area contributed by atoms with Crippen molar-refractivity contribution < 1.29 is 90.6 Å². The van der Waals surface area contributed by atoms with Crippen LogP contribution in [0, 0.1) is 0 Å². The Morgan fingerprint density at radius 1 is 0.674 bits per heavy atom. The number of aliphatic hydroxyl groups is 3. The van der Waals surface area contributed by atoms with Crippen molar-refractivity contribution in [3.05, 3.63) is 0 Å². The van der Waals surface area contributed by atoms with Crippen LogP contribution in [0.5, 0.6) is 0 Å². The van der Waals surface area contributed by atoms with Crippen LogP contribution in [0.4, 0.5) is 0 Å². The molecule has 0 aromatic carbocycles. The fourth-order valence-electron chi connectivity index (χ4n) is 3.85. The molecule has 0 saturated heterocycles. The Hall–Kier alpha value is 2.15. The first-order valence-corrected chi connectivity index (χ1v) is 17.7. The van der Waals surface area contributed by atoms with E-state index in [1.165, 1.54) is 0 Å². The second kappa shape index (κ2) is 25.2.